The molecular weight excluding hydrogens is 835 g/mol. The number of unbranched alkanes of at least 4 members (excludes halogenated alkanes) is 2. The van der Waals surface area contributed by atoms with Gasteiger partial charge in [-0.25, -0.2) is 0 Å². The Kier molecular flexibility index (Phi) is 14.7. The highest BCUT2D eigenvalue weighted by molar-refractivity contribution is 7.98. The van der Waals surface area contributed by atoms with E-state index in [0.29, 0.717) is 46.9 Å². The first-order chi connectivity index (χ1) is 31.9. The van der Waals surface area contributed by atoms with Crippen LogP contribution in [0.5, 0.6) is 17.2 Å². The zero-order chi connectivity index (χ0) is 45.3. The van der Waals surface area contributed by atoms with E-state index in [1.807, 2.05) is 65.8 Å². The van der Waals surface area contributed by atoms with E-state index in [0.717, 1.165) is 58.1 Å². The number of hydrogen-bond acceptors (Lipinski definition) is 10. The third-order valence-corrected chi connectivity index (χ3v) is 14.0. The van der Waals surface area contributed by atoms with Crippen molar-refractivity contribution in [2.75, 3.05) is 33.2 Å². The van der Waals surface area contributed by atoms with Gasteiger partial charge in [0.2, 0.25) is 5.79 Å². The summed E-state index contributed by atoms with van der Waals surface area (Å²) in [5, 5.41) is 36.5. The van der Waals surface area contributed by atoms with Crippen LogP contribution in [-0.2, 0) is 16.1 Å². The molecule has 1 saturated carbocycles. The molecule has 10 nitrogen and oxygen atoms in total. The molecule has 11 heteroatoms. The number of fused-ring (bicyclic) bond motifs is 3. The molecule has 6 unspecified atom stereocenters. The summed E-state index contributed by atoms with van der Waals surface area (Å²) in [6.07, 6.45) is 10.9. The number of ether oxygens (including phenoxy) is 3. The first-order valence-electron chi connectivity index (χ1n) is 22.6. The second kappa shape index (κ2) is 20.9. The molecule has 8 rings (SSSR count). The van der Waals surface area contributed by atoms with Crippen LogP contribution in [0.3, 0.4) is 0 Å². The Morgan fingerprint density at radius 3 is 2.42 bits per heavy atom. The van der Waals surface area contributed by atoms with Gasteiger partial charge >= 0.3 is 0 Å². The summed E-state index contributed by atoms with van der Waals surface area (Å²) in [7, 11) is 1.55. The maximum absolute atomic E-state index is 15.5. The lowest BCUT2D eigenvalue weighted by atomic mass is 9.55. The number of amides is 1. The van der Waals surface area contributed by atoms with Gasteiger partial charge in [-0.05, 0) is 132 Å². The lowest BCUT2D eigenvalue weighted by molar-refractivity contribution is -0.255. The van der Waals surface area contributed by atoms with Crippen LogP contribution in [0, 0.1) is 29.1 Å². The van der Waals surface area contributed by atoms with Gasteiger partial charge in [-0.15, -0.1) is 18.3 Å². The first kappa shape index (κ1) is 45.7. The number of nitrogens with zero attached hydrogens (tertiary/aromatic N) is 3. The summed E-state index contributed by atoms with van der Waals surface area (Å²) >= 11 is 1.67. The average molecular weight is 892 g/mol. The minimum absolute atomic E-state index is 0.0442. The second-order valence-corrected chi connectivity index (χ2v) is 17.9. The van der Waals surface area contributed by atoms with Crippen LogP contribution in [0.4, 0.5) is 0 Å². The van der Waals surface area contributed by atoms with Gasteiger partial charge in [0.15, 0.2) is 0 Å². The Hall–Kier alpha value is -5.90. The molecule has 65 heavy (non-hydrogen) atoms. The number of aliphatic hydroxyl groups is 2. The van der Waals surface area contributed by atoms with Crippen molar-refractivity contribution >= 4 is 34.2 Å². The lowest BCUT2D eigenvalue weighted by Crippen LogP contribution is -2.70. The van der Waals surface area contributed by atoms with Crippen molar-refractivity contribution in [2.45, 2.75) is 74.1 Å². The molecule has 2 N–H and O–H groups in total. The van der Waals surface area contributed by atoms with Crippen LogP contribution in [0.25, 0.3) is 10.8 Å². The number of oxime groups is 1. The number of aliphatic hydroxyl groups excluding tert-OH is 2. The van der Waals surface area contributed by atoms with Crippen LogP contribution < -0.4 is 9.47 Å². The number of rotatable bonds is 19. The number of allylic oxidation sites excluding steroid dienone is 1. The van der Waals surface area contributed by atoms with Gasteiger partial charge in [0.05, 0.1) is 29.9 Å². The fourth-order valence-corrected chi connectivity index (χ4v) is 10.8. The van der Waals surface area contributed by atoms with E-state index < -0.39 is 17.7 Å². The molecule has 5 aromatic carbocycles. The van der Waals surface area contributed by atoms with Gasteiger partial charge in [0, 0.05) is 48.1 Å². The zero-order valence-corrected chi connectivity index (χ0v) is 37.9. The molecule has 0 saturated heterocycles. The fraction of sp³-hybridized carbons (Fsp3) is 0.352. The largest absolute Gasteiger partial charge is 0.459 e. The molecule has 0 radical (unpaired) electrons. The van der Waals surface area contributed by atoms with Gasteiger partial charge in [0.25, 0.3) is 5.91 Å². The number of benzene rings is 5. The van der Waals surface area contributed by atoms with Crippen molar-refractivity contribution in [2.24, 2.45) is 22.9 Å². The number of nitriles is 1. The molecular formula is C54H57N3O7S. The monoisotopic (exact) mass is 891 g/mol. The van der Waals surface area contributed by atoms with E-state index in [-0.39, 0.29) is 56.4 Å². The van der Waals surface area contributed by atoms with Gasteiger partial charge in [-0.1, -0.05) is 72.6 Å². The zero-order valence-electron chi connectivity index (χ0n) is 37.1. The number of carbonyl (C=O) groups excluding carboxylic acids is 1. The van der Waals surface area contributed by atoms with Crippen molar-refractivity contribution in [1.82, 2.24) is 4.90 Å². The molecule has 0 aromatic heterocycles. The average Bonchev–Trinajstić information content (AvgIpc) is 3.34. The summed E-state index contributed by atoms with van der Waals surface area (Å²) in [5.74, 6) is -0.290. The standard InChI is InChI=1S/C54H57N3O7S/c1-4-30-62-54-50(57(53(60)38-20-18-36(34-55)19-21-38)35-40-15-11-14-37-12-5-6-16-44(37)40)33-48(56-61-2)46-31-39(13-7-9-28-58)45(17-8-10-29-59)51(52(46)54)47-32-42(24-27-49(47)64-54)63-41-22-25-43(65-3)26-23-41/h4-6,11-12,14-16,18-27,31-32,39,45,50-52,58-59H,1,7-10,13,17,28-30,33,35H2,2-3H3. The predicted octanol–water partition coefficient (Wildman–Crippen LogP) is 10.8. The van der Waals surface area contributed by atoms with Gasteiger partial charge < -0.3 is 34.2 Å². The molecule has 3 aliphatic rings. The number of hydrogen-bond donors (Lipinski definition) is 2. The van der Waals surface area contributed by atoms with Crippen LogP contribution in [-0.4, -0.2) is 71.7 Å². The maximum Gasteiger partial charge on any atom is 0.254 e. The minimum Gasteiger partial charge on any atom is -0.459 e. The Bertz CT molecular complexity index is 2570. The molecule has 1 heterocycles. The molecule has 0 bridgehead atoms. The van der Waals surface area contributed by atoms with Crippen molar-refractivity contribution < 1.29 is 34.1 Å². The summed E-state index contributed by atoms with van der Waals surface area (Å²) < 4.78 is 21.3. The third kappa shape index (κ3) is 9.45. The molecule has 5 aromatic rings. The van der Waals surface area contributed by atoms with E-state index in [9.17, 15) is 15.5 Å². The predicted molar refractivity (Wildman–Crippen MR) is 255 cm³/mol. The third-order valence-electron chi connectivity index (χ3n) is 13.3. The van der Waals surface area contributed by atoms with Gasteiger partial charge in [-0.2, -0.15) is 5.26 Å². The SMILES string of the molecule is C=CCOC12Oc3ccc(Oc4ccc(SC)cc4)cc3C3C(CCCCO)C(CCCCO)C=C(C(=NOC)CC1N(Cc1cccc4ccccc14)C(=O)c1ccc(C#N)cc1)C32. The van der Waals surface area contributed by atoms with Crippen molar-refractivity contribution in [1.29, 1.82) is 5.26 Å². The smallest absolute Gasteiger partial charge is 0.254 e. The highest BCUT2D eigenvalue weighted by Crippen LogP contribution is 2.62. The molecule has 1 amide bonds. The summed E-state index contributed by atoms with van der Waals surface area (Å²) in [6, 6.07) is 36.5. The van der Waals surface area contributed by atoms with Gasteiger partial charge in [0.1, 0.15) is 30.4 Å². The van der Waals surface area contributed by atoms with Crippen molar-refractivity contribution in [3.05, 3.63) is 156 Å². The van der Waals surface area contributed by atoms with E-state index in [4.69, 9.17) is 24.2 Å². The minimum atomic E-state index is -1.46. The number of carbonyl (C=O) groups is 1. The molecule has 2 aliphatic carbocycles. The summed E-state index contributed by atoms with van der Waals surface area (Å²) in [4.78, 5) is 24.2. The summed E-state index contributed by atoms with van der Waals surface area (Å²) in [5.41, 5.74) is 4.44. The molecule has 336 valence electrons. The Balaban J connectivity index is 1.36. The van der Waals surface area contributed by atoms with Crippen LogP contribution in [0.15, 0.2) is 144 Å². The highest BCUT2D eigenvalue weighted by atomic mass is 32.2. The maximum atomic E-state index is 15.5. The quantitative estimate of drug-likeness (QED) is 0.0360. The van der Waals surface area contributed by atoms with Gasteiger partial charge in [-0.3, -0.25) is 4.79 Å². The Morgan fingerprint density at radius 2 is 1.69 bits per heavy atom. The second-order valence-electron chi connectivity index (χ2n) is 17.0. The topological polar surface area (TPSA) is 134 Å². The highest BCUT2D eigenvalue weighted by Gasteiger charge is 2.65. The Labute approximate surface area is 386 Å². The van der Waals surface area contributed by atoms with Crippen LogP contribution in [0.1, 0.15) is 77.9 Å². The fourth-order valence-electron chi connectivity index (χ4n) is 10.4. The van der Waals surface area contributed by atoms with Crippen LogP contribution >= 0.6 is 11.8 Å². The normalized spacial score (nSPS) is 22.5. The van der Waals surface area contributed by atoms with Crippen molar-refractivity contribution in [3.63, 3.8) is 0 Å². The van der Waals surface area contributed by atoms with E-state index in [2.05, 4.69) is 49.1 Å². The van der Waals surface area contributed by atoms with Crippen LogP contribution in [0.2, 0.25) is 0 Å². The first-order valence-corrected chi connectivity index (χ1v) is 23.8. The van der Waals surface area contributed by atoms with E-state index in [1.54, 1.807) is 49.2 Å². The molecule has 1 fully saturated rings. The molecule has 1 aliphatic heterocycles. The summed E-state index contributed by atoms with van der Waals surface area (Å²) in [6.45, 7) is 4.62. The number of thioether (sulfide) groups is 1. The lowest BCUT2D eigenvalue weighted by Gasteiger charge is -2.60. The van der Waals surface area contributed by atoms with E-state index >= 15 is 4.79 Å². The molecule has 0 spiro atoms. The van der Waals surface area contributed by atoms with E-state index in [1.165, 1.54) is 0 Å². The molecule has 6 atom stereocenters. The Morgan fingerprint density at radius 1 is 0.954 bits per heavy atom. The van der Waals surface area contributed by atoms with Crippen molar-refractivity contribution in [3.8, 4) is 23.3 Å².